The van der Waals surface area contributed by atoms with Gasteiger partial charge >= 0.3 is 0 Å². The van der Waals surface area contributed by atoms with Gasteiger partial charge in [0.25, 0.3) is 5.91 Å². The monoisotopic (exact) mass is 278 g/mol. The quantitative estimate of drug-likeness (QED) is 0.846. The van der Waals surface area contributed by atoms with Gasteiger partial charge in [0.05, 0.1) is 22.3 Å². The van der Waals surface area contributed by atoms with Gasteiger partial charge < -0.3 is 15.5 Å². The zero-order chi connectivity index (χ0) is 14.0. The van der Waals surface area contributed by atoms with Crippen molar-refractivity contribution in [3.8, 4) is 0 Å². The van der Waals surface area contributed by atoms with Gasteiger partial charge in [-0.2, -0.15) is 0 Å². The topological polar surface area (TPSA) is 68.3 Å². The first-order valence-electron chi connectivity index (χ1n) is 5.90. The van der Waals surface area contributed by atoms with E-state index in [0.29, 0.717) is 17.0 Å². The van der Waals surface area contributed by atoms with Crippen LogP contribution in [0.3, 0.4) is 0 Å². The number of benzene rings is 1. The second-order valence-corrected chi connectivity index (χ2v) is 4.73. The van der Waals surface area contributed by atoms with Gasteiger partial charge in [-0.05, 0) is 38.1 Å². The summed E-state index contributed by atoms with van der Waals surface area (Å²) in [5.74, 6) is 1.22. The Hall–Kier alpha value is -1.94. The molecule has 1 amide bonds. The van der Waals surface area contributed by atoms with Crippen LogP contribution in [0.1, 0.15) is 34.8 Å². The van der Waals surface area contributed by atoms with Crippen molar-refractivity contribution in [1.29, 1.82) is 0 Å². The van der Waals surface area contributed by atoms with Crippen LogP contribution in [-0.4, -0.2) is 5.91 Å². The Morgan fingerprint density at radius 1 is 1.37 bits per heavy atom. The molecule has 4 nitrogen and oxygen atoms in total. The Balaban J connectivity index is 2.15. The second kappa shape index (κ2) is 5.36. The SMILES string of the molecule is Cc1ccc(C(C)NC(=O)c2cccc(N)c2Cl)o1. The third kappa shape index (κ3) is 2.90. The molecule has 0 aliphatic rings. The summed E-state index contributed by atoms with van der Waals surface area (Å²) in [6.45, 7) is 3.70. The molecule has 2 aromatic rings. The number of anilines is 1. The predicted octanol–water partition coefficient (Wildman–Crippen LogP) is 3.31. The molecule has 0 fully saturated rings. The summed E-state index contributed by atoms with van der Waals surface area (Å²) in [7, 11) is 0. The van der Waals surface area contributed by atoms with Crippen LogP contribution < -0.4 is 11.1 Å². The molecule has 100 valence electrons. The van der Waals surface area contributed by atoms with Gasteiger partial charge in [-0.3, -0.25) is 4.79 Å². The number of amides is 1. The molecule has 0 saturated carbocycles. The van der Waals surface area contributed by atoms with Crippen molar-refractivity contribution < 1.29 is 9.21 Å². The molecule has 1 aromatic heterocycles. The van der Waals surface area contributed by atoms with Crippen LogP contribution in [-0.2, 0) is 0 Å². The Morgan fingerprint density at radius 3 is 2.74 bits per heavy atom. The lowest BCUT2D eigenvalue weighted by Gasteiger charge is -2.13. The first-order chi connectivity index (χ1) is 8.99. The maximum atomic E-state index is 12.1. The largest absolute Gasteiger partial charge is 0.464 e. The van der Waals surface area contributed by atoms with Crippen LogP contribution >= 0.6 is 11.6 Å². The first kappa shape index (κ1) is 13.5. The Bertz CT molecular complexity index is 607. The summed E-state index contributed by atoms with van der Waals surface area (Å²) in [4.78, 5) is 12.1. The number of hydrogen-bond donors (Lipinski definition) is 2. The van der Waals surface area contributed by atoms with Gasteiger partial charge in [-0.25, -0.2) is 0 Å². The van der Waals surface area contributed by atoms with Crippen LogP contribution in [0, 0.1) is 6.92 Å². The van der Waals surface area contributed by atoms with E-state index in [1.807, 2.05) is 26.0 Å². The van der Waals surface area contributed by atoms with Crippen molar-refractivity contribution in [1.82, 2.24) is 5.32 Å². The highest BCUT2D eigenvalue weighted by molar-refractivity contribution is 6.36. The highest BCUT2D eigenvalue weighted by Gasteiger charge is 2.17. The number of carbonyl (C=O) groups is 1. The molecular formula is C14H15ClN2O2. The zero-order valence-electron chi connectivity index (χ0n) is 10.7. The fourth-order valence-corrected chi connectivity index (χ4v) is 1.97. The lowest BCUT2D eigenvalue weighted by molar-refractivity contribution is 0.0935. The van der Waals surface area contributed by atoms with E-state index in [2.05, 4.69) is 5.32 Å². The van der Waals surface area contributed by atoms with Crippen LogP contribution in [0.4, 0.5) is 5.69 Å². The molecule has 1 heterocycles. The highest BCUT2D eigenvalue weighted by Crippen LogP contribution is 2.24. The normalized spacial score (nSPS) is 12.2. The Kier molecular flexibility index (Phi) is 3.81. The summed E-state index contributed by atoms with van der Waals surface area (Å²) in [6, 6.07) is 8.43. The van der Waals surface area contributed by atoms with Gasteiger partial charge in [0.15, 0.2) is 0 Å². The molecule has 1 atom stereocenters. The Labute approximate surface area is 116 Å². The molecule has 0 saturated heterocycles. The fraction of sp³-hybridized carbons (Fsp3) is 0.214. The number of halogens is 1. The number of furan rings is 1. The zero-order valence-corrected chi connectivity index (χ0v) is 11.5. The summed E-state index contributed by atoms with van der Waals surface area (Å²) in [5.41, 5.74) is 6.42. The molecule has 0 spiro atoms. The number of carbonyl (C=O) groups excluding carboxylic acids is 1. The minimum Gasteiger partial charge on any atom is -0.464 e. The lowest BCUT2D eigenvalue weighted by Crippen LogP contribution is -2.26. The maximum absolute atomic E-state index is 12.1. The van der Waals surface area contributed by atoms with Crippen LogP contribution in [0.2, 0.25) is 5.02 Å². The molecule has 0 aliphatic heterocycles. The number of nitrogens with one attached hydrogen (secondary N) is 1. The van der Waals surface area contributed by atoms with Crippen molar-refractivity contribution in [2.45, 2.75) is 19.9 Å². The molecule has 1 aromatic carbocycles. The smallest absolute Gasteiger partial charge is 0.253 e. The van der Waals surface area contributed by atoms with E-state index >= 15 is 0 Å². The van der Waals surface area contributed by atoms with Crippen LogP contribution in [0.15, 0.2) is 34.7 Å². The van der Waals surface area contributed by atoms with E-state index in [4.69, 9.17) is 21.8 Å². The van der Waals surface area contributed by atoms with E-state index in [0.717, 1.165) is 5.76 Å². The number of rotatable bonds is 3. The molecule has 3 N–H and O–H groups in total. The number of nitrogen functional groups attached to an aromatic ring is 1. The molecule has 0 aliphatic carbocycles. The van der Waals surface area contributed by atoms with Crippen molar-refractivity contribution in [3.05, 3.63) is 52.4 Å². The average Bonchev–Trinajstić information content (AvgIpc) is 2.79. The second-order valence-electron chi connectivity index (χ2n) is 4.35. The number of nitrogens with two attached hydrogens (primary N) is 1. The fourth-order valence-electron chi connectivity index (χ4n) is 1.76. The third-order valence-electron chi connectivity index (χ3n) is 2.81. The van der Waals surface area contributed by atoms with Gasteiger partial charge in [0, 0.05) is 0 Å². The minimum absolute atomic E-state index is 0.237. The first-order valence-corrected chi connectivity index (χ1v) is 6.28. The molecule has 1 unspecified atom stereocenters. The molecular weight excluding hydrogens is 264 g/mol. The Morgan fingerprint density at radius 2 is 2.11 bits per heavy atom. The van der Waals surface area contributed by atoms with Gasteiger partial charge in [0.1, 0.15) is 11.5 Å². The van der Waals surface area contributed by atoms with Gasteiger partial charge in [-0.1, -0.05) is 17.7 Å². The lowest BCUT2D eigenvalue weighted by atomic mass is 10.1. The van der Waals surface area contributed by atoms with Gasteiger partial charge in [0.2, 0.25) is 0 Å². The summed E-state index contributed by atoms with van der Waals surface area (Å²) in [6.07, 6.45) is 0. The van der Waals surface area contributed by atoms with Gasteiger partial charge in [-0.15, -0.1) is 0 Å². The van der Waals surface area contributed by atoms with Crippen molar-refractivity contribution in [2.75, 3.05) is 5.73 Å². The molecule has 2 rings (SSSR count). The van der Waals surface area contributed by atoms with E-state index in [-0.39, 0.29) is 17.0 Å². The maximum Gasteiger partial charge on any atom is 0.253 e. The molecule has 0 radical (unpaired) electrons. The molecule has 5 heteroatoms. The number of aryl methyl sites for hydroxylation is 1. The standard InChI is InChI=1S/C14H15ClN2O2/c1-8-6-7-12(19-8)9(2)17-14(18)10-4-3-5-11(16)13(10)15/h3-7,9H,16H2,1-2H3,(H,17,18). The highest BCUT2D eigenvalue weighted by atomic mass is 35.5. The van der Waals surface area contributed by atoms with Crippen molar-refractivity contribution >= 4 is 23.2 Å². The average molecular weight is 279 g/mol. The van der Waals surface area contributed by atoms with Crippen molar-refractivity contribution in [2.24, 2.45) is 0 Å². The summed E-state index contributed by atoms with van der Waals surface area (Å²) >= 11 is 6.01. The van der Waals surface area contributed by atoms with E-state index in [1.165, 1.54) is 0 Å². The minimum atomic E-state index is -0.279. The third-order valence-corrected chi connectivity index (χ3v) is 3.23. The molecule has 0 bridgehead atoms. The van der Waals surface area contributed by atoms with E-state index in [1.54, 1.807) is 18.2 Å². The summed E-state index contributed by atoms with van der Waals surface area (Å²) < 4.78 is 5.46. The van der Waals surface area contributed by atoms with Crippen molar-refractivity contribution in [3.63, 3.8) is 0 Å². The number of hydrogen-bond acceptors (Lipinski definition) is 3. The van der Waals surface area contributed by atoms with E-state index < -0.39 is 0 Å². The summed E-state index contributed by atoms with van der Waals surface area (Å²) in [5, 5.41) is 3.09. The molecule has 19 heavy (non-hydrogen) atoms. The van der Waals surface area contributed by atoms with Crippen LogP contribution in [0.25, 0.3) is 0 Å². The van der Waals surface area contributed by atoms with Crippen LogP contribution in [0.5, 0.6) is 0 Å². The predicted molar refractivity (Wildman–Crippen MR) is 75.2 cm³/mol. The van der Waals surface area contributed by atoms with E-state index in [9.17, 15) is 4.79 Å².